The first-order valence-electron chi connectivity index (χ1n) is 8.50. The monoisotopic (exact) mass is 386 g/mol. The first-order chi connectivity index (χ1) is 12.9. The summed E-state index contributed by atoms with van der Waals surface area (Å²) in [5, 5.41) is 5.76. The van der Waals surface area contributed by atoms with E-state index in [0.717, 1.165) is 5.56 Å². The van der Waals surface area contributed by atoms with Gasteiger partial charge in [-0.1, -0.05) is 23.7 Å². The summed E-state index contributed by atoms with van der Waals surface area (Å²) in [7, 11) is 1.54. The highest BCUT2D eigenvalue weighted by Gasteiger charge is 2.52. The van der Waals surface area contributed by atoms with E-state index in [0.29, 0.717) is 29.1 Å². The van der Waals surface area contributed by atoms with Gasteiger partial charge in [-0.25, -0.2) is 0 Å². The molecule has 0 aromatic heterocycles. The fourth-order valence-corrected chi connectivity index (χ4v) is 2.95. The predicted octanol–water partition coefficient (Wildman–Crippen LogP) is 2.91. The zero-order chi connectivity index (χ0) is 19.4. The maximum absolute atomic E-state index is 12.4. The normalized spacial score (nSPS) is 14.1. The molecule has 0 spiro atoms. The molecule has 2 amide bonds. The minimum atomic E-state index is -0.667. The van der Waals surface area contributed by atoms with Crippen molar-refractivity contribution in [2.75, 3.05) is 19.0 Å². The second kappa shape index (κ2) is 7.80. The number of rotatable bonds is 6. The maximum Gasteiger partial charge on any atom is 0.317 e. The molecular weight excluding hydrogens is 368 g/mol. The van der Waals surface area contributed by atoms with Crippen molar-refractivity contribution in [1.82, 2.24) is 5.32 Å². The van der Waals surface area contributed by atoms with Crippen molar-refractivity contribution in [1.29, 1.82) is 0 Å². The minimum absolute atomic E-state index is 0.210. The van der Waals surface area contributed by atoms with Gasteiger partial charge in [0.05, 0.1) is 5.41 Å². The predicted molar refractivity (Wildman–Crippen MR) is 102 cm³/mol. The van der Waals surface area contributed by atoms with E-state index in [-0.39, 0.29) is 12.5 Å². The van der Waals surface area contributed by atoms with Crippen LogP contribution in [0, 0.1) is 0 Å². The van der Waals surface area contributed by atoms with E-state index in [2.05, 4.69) is 10.6 Å². The Kier molecular flexibility index (Phi) is 5.46. The lowest BCUT2D eigenvalue weighted by Gasteiger charge is -2.15. The molecule has 0 radical (unpaired) electrons. The lowest BCUT2D eigenvalue weighted by Crippen LogP contribution is -2.28. The average Bonchev–Trinajstić information content (AvgIpc) is 3.48. The Morgan fingerprint density at radius 2 is 1.67 bits per heavy atom. The van der Waals surface area contributed by atoms with E-state index in [4.69, 9.17) is 16.3 Å². The van der Waals surface area contributed by atoms with Crippen LogP contribution < -0.4 is 10.6 Å². The van der Waals surface area contributed by atoms with Crippen LogP contribution in [0.2, 0.25) is 5.02 Å². The molecule has 1 saturated carbocycles. The molecule has 0 saturated heterocycles. The van der Waals surface area contributed by atoms with E-state index in [1.165, 1.54) is 0 Å². The molecule has 0 atom stereocenters. The van der Waals surface area contributed by atoms with Crippen molar-refractivity contribution in [3.05, 3.63) is 64.7 Å². The fraction of sp³-hybridized carbons (Fsp3) is 0.250. The molecule has 27 heavy (non-hydrogen) atoms. The molecule has 1 fully saturated rings. The minimum Gasteiger partial charge on any atom is -0.455 e. The van der Waals surface area contributed by atoms with E-state index >= 15 is 0 Å². The number of carbonyl (C=O) groups excluding carboxylic acids is 3. The Morgan fingerprint density at radius 1 is 1.04 bits per heavy atom. The van der Waals surface area contributed by atoms with Crippen LogP contribution in [0.4, 0.5) is 5.69 Å². The molecule has 1 aliphatic carbocycles. The number of carbonyl (C=O) groups is 3. The van der Waals surface area contributed by atoms with Crippen molar-refractivity contribution in [3.8, 4) is 0 Å². The molecule has 0 aliphatic heterocycles. The number of nitrogens with one attached hydrogen (secondary N) is 2. The van der Waals surface area contributed by atoms with Crippen molar-refractivity contribution < 1.29 is 19.1 Å². The van der Waals surface area contributed by atoms with Crippen LogP contribution in [0.3, 0.4) is 0 Å². The highest BCUT2D eigenvalue weighted by Crippen LogP contribution is 2.49. The average molecular weight is 387 g/mol. The quantitative estimate of drug-likeness (QED) is 0.747. The lowest BCUT2D eigenvalue weighted by atomic mass is 9.96. The summed E-state index contributed by atoms with van der Waals surface area (Å²) in [4.78, 5) is 36.0. The van der Waals surface area contributed by atoms with Gasteiger partial charge in [-0.3, -0.25) is 14.4 Å². The standard InChI is InChI=1S/C20H19ClN2O4/c1-22-18(25)13-2-8-16(9-3-13)23-17(24)12-27-19(26)20(10-11-20)14-4-6-15(21)7-5-14/h2-9H,10-12H2,1H3,(H,22,25)(H,23,24). The Labute approximate surface area is 161 Å². The van der Waals surface area contributed by atoms with Gasteiger partial charge >= 0.3 is 5.97 Å². The summed E-state index contributed by atoms with van der Waals surface area (Å²) in [6.07, 6.45) is 1.38. The molecule has 2 aromatic rings. The number of ether oxygens (including phenoxy) is 1. The summed E-state index contributed by atoms with van der Waals surface area (Å²) in [5.41, 5.74) is 1.19. The number of anilines is 1. The second-order valence-corrected chi connectivity index (χ2v) is 6.81. The highest BCUT2D eigenvalue weighted by molar-refractivity contribution is 6.30. The van der Waals surface area contributed by atoms with Gasteiger partial charge in [0.25, 0.3) is 11.8 Å². The Hall–Kier alpha value is -2.86. The van der Waals surface area contributed by atoms with Gasteiger partial charge in [-0.2, -0.15) is 0 Å². The third-order valence-corrected chi connectivity index (χ3v) is 4.78. The molecule has 7 heteroatoms. The van der Waals surface area contributed by atoms with E-state index in [9.17, 15) is 14.4 Å². The van der Waals surface area contributed by atoms with Crippen LogP contribution in [0.1, 0.15) is 28.8 Å². The molecule has 2 aromatic carbocycles. The van der Waals surface area contributed by atoms with Crippen molar-refractivity contribution in [3.63, 3.8) is 0 Å². The number of hydrogen-bond donors (Lipinski definition) is 2. The number of esters is 1. The van der Waals surface area contributed by atoms with Gasteiger partial charge in [-0.05, 0) is 54.8 Å². The van der Waals surface area contributed by atoms with Crippen LogP contribution in [-0.4, -0.2) is 31.4 Å². The van der Waals surface area contributed by atoms with Crippen molar-refractivity contribution in [2.45, 2.75) is 18.3 Å². The summed E-state index contributed by atoms with van der Waals surface area (Å²) in [6.45, 7) is -0.370. The molecule has 140 valence electrons. The summed E-state index contributed by atoms with van der Waals surface area (Å²) >= 11 is 5.89. The van der Waals surface area contributed by atoms with Crippen molar-refractivity contribution in [2.24, 2.45) is 0 Å². The van der Waals surface area contributed by atoms with Gasteiger partial charge in [0.1, 0.15) is 0 Å². The smallest absolute Gasteiger partial charge is 0.317 e. The van der Waals surface area contributed by atoms with Gasteiger partial charge < -0.3 is 15.4 Å². The first-order valence-corrected chi connectivity index (χ1v) is 8.88. The Morgan fingerprint density at radius 3 is 2.22 bits per heavy atom. The maximum atomic E-state index is 12.4. The molecule has 6 nitrogen and oxygen atoms in total. The summed E-state index contributed by atoms with van der Waals surface area (Å²) in [5.74, 6) is -1.06. The SMILES string of the molecule is CNC(=O)c1ccc(NC(=O)COC(=O)C2(c3ccc(Cl)cc3)CC2)cc1. The van der Waals surface area contributed by atoms with Gasteiger partial charge in [0.2, 0.25) is 0 Å². The molecule has 0 bridgehead atoms. The zero-order valence-electron chi connectivity index (χ0n) is 14.8. The van der Waals surface area contributed by atoms with Crippen LogP contribution in [0.25, 0.3) is 0 Å². The number of benzene rings is 2. The topological polar surface area (TPSA) is 84.5 Å². The third-order valence-electron chi connectivity index (χ3n) is 4.53. The third kappa shape index (κ3) is 4.28. The molecule has 0 unspecified atom stereocenters. The van der Waals surface area contributed by atoms with E-state index in [1.54, 1.807) is 43.4 Å². The van der Waals surface area contributed by atoms with Crippen LogP contribution >= 0.6 is 11.6 Å². The van der Waals surface area contributed by atoms with E-state index in [1.807, 2.05) is 12.1 Å². The molecule has 2 N–H and O–H groups in total. The van der Waals surface area contributed by atoms with E-state index < -0.39 is 17.3 Å². The van der Waals surface area contributed by atoms with Gasteiger partial charge in [-0.15, -0.1) is 0 Å². The molecular formula is C20H19ClN2O4. The molecule has 0 heterocycles. The van der Waals surface area contributed by atoms with Crippen LogP contribution in [0.5, 0.6) is 0 Å². The van der Waals surface area contributed by atoms with Gasteiger partial charge in [0.15, 0.2) is 6.61 Å². The summed E-state index contributed by atoms with van der Waals surface area (Å²) in [6, 6.07) is 13.5. The Bertz CT molecular complexity index is 859. The Balaban J connectivity index is 1.54. The molecule has 1 aliphatic rings. The largest absolute Gasteiger partial charge is 0.455 e. The molecule has 3 rings (SSSR count). The number of halogens is 1. The number of hydrogen-bond acceptors (Lipinski definition) is 4. The summed E-state index contributed by atoms with van der Waals surface area (Å²) < 4.78 is 5.22. The van der Waals surface area contributed by atoms with Gasteiger partial charge in [0, 0.05) is 23.3 Å². The zero-order valence-corrected chi connectivity index (χ0v) is 15.5. The van der Waals surface area contributed by atoms with Crippen molar-refractivity contribution >= 4 is 35.1 Å². The van der Waals surface area contributed by atoms with Crippen LogP contribution in [0.15, 0.2) is 48.5 Å². The highest BCUT2D eigenvalue weighted by atomic mass is 35.5. The lowest BCUT2D eigenvalue weighted by molar-refractivity contribution is -0.150. The number of amides is 2. The first kappa shape index (κ1) is 18.9. The second-order valence-electron chi connectivity index (χ2n) is 6.37. The fourth-order valence-electron chi connectivity index (χ4n) is 2.82. The van der Waals surface area contributed by atoms with Crippen LogP contribution in [-0.2, 0) is 19.7 Å².